The van der Waals surface area contributed by atoms with Crippen LogP contribution >= 0.6 is 0 Å². The van der Waals surface area contributed by atoms with E-state index in [2.05, 4.69) is 58.5 Å². The van der Waals surface area contributed by atoms with Crippen molar-refractivity contribution >= 4 is 17.1 Å². The highest BCUT2D eigenvalue weighted by Crippen LogP contribution is 2.22. The molecule has 1 fully saturated rings. The molecule has 1 aromatic rings. The van der Waals surface area contributed by atoms with Gasteiger partial charge in [0.2, 0.25) is 0 Å². The maximum atomic E-state index is 8.47. The first-order valence-electron chi connectivity index (χ1n) is 10.2. The van der Waals surface area contributed by atoms with E-state index in [4.69, 9.17) is 11.1 Å². The largest absolute Gasteiger partial charge is 0.377 e. The Balaban J connectivity index is 1.54. The second-order valence-electron chi connectivity index (χ2n) is 7.27. The van der Waals surface area contributed by atoms with Crippen molar-refractivity contribution in [3.8, 4) is 0 Å². The SMILES string of the molecule is C=C(/C=C\Nc1ccc(N2CCCC2)cc1)C(=N)/C(=C/CN)NC1C=CC=CC1. The average Bonchev–Trinajstić information content (AvgIpc) is 3.29. The molecule has 5 N–H and O–H groups in total. The molecule has 5 nitrogen and oxygen atoms in total. The molecule has 0 saturated carbocycles. The number of benzene rings is 1. The van der Waals surface area contributed by atoms with Crippen LogP contribution in [0.25, 0.3) is 0 Å². The van der Waals surface area contributed by atoms with Crippen LogP contribution in [0.15, 0.2) is 84.8 Å². The molecule has 2 aliphatic rings. The highest BCUT2D eigenvalue weighted by molar-refractivity contribution is 6.11. The molecule has 29 heavy (non-hydrogen) atoms. The molecule has 1 saturated heterocycles. The van der Waals surface area contributed by atoms with Gasteiger partial charge in [-0.25, -0.2) is 0 Å². The molecular formula is C24H31N5. The van der Waals surface area contributed by atoms with E-state index >= 15 is 0 Å². The van der Waals surface area contributed by atoms with E-state index in [1.807, 2.05) is 30.5 Å². The standard InChI is InChI=1S/C24H31N5/c1-19(24(26)23(13-15-25)28-21-7-3-2-4-8-21)14-16-27-20-9-11-22(12-10-20)29-17-5-6-18-29/h2-4,7,9-14,16,21,26-28H,1,5-6,8,15,17-18,25H2/b16-14-,23-13-,26-24?. The van der Waals surface area contributed by atoms with Crippen LogP contribution in [0.1, 0.15) is 19.3 Å². The second kappa shape index (κ2) is 10.5. The van der Waals surface area contributed by atoms with Gasteiger partial charge in [-0.3, -0.25) is 5.41 Å². The summed E-state index contributed by atoms with van der Waals surface area (Å²) in [4.78, 5) is 2.42. The zero-order valence-corrected chi connectivity index (χ0v) is 16.9. The molecule has 0 aromatic heterocycles. The summed E-state index contributed by atoms with van der Waals surface area (Å²) in [6.45, 7) is 6.70. The van der Waals surface area contributed by atoms with Crippen molar-refractivity contribution in [1.82, 2.24) is 5.32 Å². The summed E-state index contributed by atoms with van der Waals surface area (Å²) in [6.07, 6.45) is 17.2. The monoisotopic (exact) mass is 389 g/mol. The van der Waals surface area contributed by atoms with Crippen LogP contribution in [0.4, 0.5) is 11.4 Å². The Morgan fingerprint density at radius 1 is 1.21 bits per heavy atom. The summed E-state index contributed by atoms with van der Waals surface area (Å²) >= 11 is 0. The van der Waals surface area contributed by atoms with Crippen molar-refractivity contribution < 1.29 is 0 Å². The molecule has 1 heterocycles. The molecule has 0 amide bonds. The summed E-state index contributed by atoms with van der Waals surface area (Å²) in [5.41, 5.74) is 9.66. The van der Waals surface area contributed by atoms with Gasteiger partial charge in [0.1, 0.15) is 0 Å². The molecule has 5 heteroatoms. The Bertz CT molecular complexity index is 823. The van der Waals surface area contributed by atoms with Crippen LogP contribution in [0.5, 0.6) is 0 Å². The molecule has 0 bridgehead atoms. The van der Waals surface area contributed by atoms with Crippen LogP contribution in [0.2, 0.25) is 0 Å². The Hall–Kier alpha value is -3.05. The number of rotatable bonds is 9. The molecular weight excluding hydrogens is 358 g/mol. The number of hydrogen-bond donors (Lipinski definition) is 4. The van der Waals surface area contributed by atoms with Gasteiger partial charge in [0.05, 0.1) is 11.4 Å². The molecule has 152 valence electrons. The predicted molar refractivity (Wildman–Crippen MR) is 124 cm³/mol. The zero-order valence-electron chi connectivity index (χ0n) is 16.9. The molecule has 1 aliphatic heterocycles. The number of nitrogens with zero attached hydrogens (tertiary/aromatic N) is 1. The minimum atomic E-state index is 0.169. The highest BCUT2D eigenvalue weighted by Gasteiger charge is 2.13. The van der Waals surface area contributed by atoms with Crippen LogP contribution in [0.3, 0.4) is 0 Å². The van der Waals surface area contributed by atoms with Crippen LogP contribution < -0.4 is 21.3 Å². The number of hydrogen-bond acceptors (Lipinski definition) is 5. The summed E-state index contributed by atoms with van der Waals surface area (Å²) in [5.74, 6) is 0. The van der Waals surface area contributed by atoms with Gasteiger partial charge in [0, 0.05) is 43.3 Å². The van der Waals surface area contributed by atoms with E-state index in [9.17, 15) is 0 Å². The number of nitrogens with one attached hydrogen (secondary N) is 3. The van der Waals surface area contributed by atoms with Crippen LogP contribution in [0, 0.1) is 5.41 Å². The molecule has 0 spiro atoms. The molecule has 3 rings (SSSR count). The molecule has 1 atom stereocenters. The van der Waals surface area contributed by atoms with Gasteiger partial charge < -0.3 is 21.3 Å². The lowest BCUT2D eigenvalue weighted by molar-refractivity contribution is 0.688. The highest BCUT2D eigenvalue weighted by atomic mass is 15.1. The first-order valence-corrected chi connectivity index (χ1v) is 10.2. The summed E-state index contributed by atoms with van der Waals surface area (Å²) in [5, 5.41) is 15.1. The quantitative estimate of drug-likeness (QED) is 0.379. The lowest BCUT2D eigenvalue weighted by Gasteiger charge is -2.20. The van der Waals surface area contributed by atoms with Crippen molar-refractivity contribution in [1.29, 1.82) is 5.41 Å². The summed E-state index contributed by atoms with van der Waals surface area (Å²) in [7, 11) is 0. The lowest BCUT2D eigenvalue weighted by Crippen LogP contribution is -2.31. The minimum absolute atomic E-state index is 0.169. The van der Waals surface area contributed by atoms with Gasteiger partial charge in [-0.2, -0.15) is 0 Å². The van der Waals surface area contributed by atoms with Crippen molar-refractivity contribution in [2.45, 2.75) is 25.3 Å². The summed E-state index contributed by atoms with van der Waals surface area (Å²) < 4.78 is 0. The third-order valence-electron chi connectivity index (χ3n) is 5.11. The number of anilines is 2. The first kappa shape index (κ1) is 20.7. The third kappa shape index (κ3) is 5.96. The fourth-order valence-corrected chi connectivity index (χ4v) is 3.48. The topological polar surface area (TPSA) is 77.2 Å². The first-order chi connectivity index (χ1) is 14.2. The fourth-order valence-electron chi connectivity index (χ4n) is 3.48. The lowest BCUT2D eigenvalue weighted by atomic mass is 10.0. The number of nitrogens with two attached hydrogens (primary N) is 1. The van der Waals surface area contributed by atoms with Gasteiger partial charge in [-0.05, 0) is 61.3 Å². The Labute approximate surface area is 173 Å². The molecule has 0 radical (unpaired) electrons. The van der Waals surface area contributed by atoms with Gasteiger partial charge in [-0.1, -0.05) is 30.9 Å². The van der Waals surface area contributed by atoms with Crippen molar-refractivity contribution in [3.63, 3.8) is 0 Å². The van der Waals surface area contributed by atoms with E-state index in [0.29, 0.717) is 23.5 Å². The van der Waals surface area contributed by atoms with Crippen molar-refractivity contribution in [3.05, 3.63) is 84.8 Å². The fraction of sp³-hybridized carbons (Fsp3) is 0.292. The number of allylic oxidation sites excluding steroid dienone is 4. The Morgan fingerprint density at radius 3 is 2.62 bits per heavy atom. The Kier molecular flexibility index (Phi) is 7.47. The third-order valence-corrected chi connectivity index (χ3v) is 5.11. The van der Waals surface area contributed by atoms with E-state index in [0.717, 1.165) is 25.2 Å². The zero-order chi connectivity index (χ0) is 20.5. The summed E-state index contributed by atoms with van der Waals surface area (Å²) in [6, 6.07) is 8.63. The minimum Gasteiger partial charge on any atom is -0.377 e. The van der Waals surface area contributed by atoms with E-state index in [1.54, 1.807) is 0 Å². The van der Waals surface area contributed by atoms with Crippen LogP contribution in [-0.2, 0) is 0 Å². The van der Waals surface area contributed by atoms with Crippen molar-refractivity contribution in [2.75, 3.05) is 29.9 Å². The normalized spacial score (nSPS) is 19.0. The predicted octanol–water partition coefficient (Wildman–Crippen LogP) is 4.11. The molecule has 1 aromatic carbocycles. The van der Waals surface area contributed by atoms with Gasteiger partial charge in [-0.15, -0.1) is 0 Å². The molecule has 1 unspecified atom stereocenters. The second-order valence-corrected chi connectivity index (χ2v) is 7.27. The van der Waals surface area contributed by atoms with Crippen LogP contribution in [-0.4, -0.2) is 31.4 Å². The van der Waals surface area contributed by atoms with Gasteiger partial charge in [0.25, 0.3) is 0 Å². The maximum Gasteiger partial charge on any atom is 0.0835 e. The van der Waals surface area contributed by atoms with Crippen molar-refractivity contribution in [2.24, 2.45) is 5.73 Å². The van der Waals surface area contributed by atoms with E-state index < -0.39 is 0 Å². The molecule has 1 aliphatic carbocycles. The van der Waals surface area contributed by atoms with E-state index in [1.165, 1.54) is 18.5 Å². The van der Waals surface area contributed by atoms with E-state index in [-0.39, 0.29) is 6.04 Å². The smallest absolute Gasteiger partial charge is 0.0835 e. The maximum absolute atomic E-state index is 8.47. The average molecular weight is 390 g/mol. The van der Waals surface area contributed by atoms with Gasteiger partial charge >= 0.3 is 0 Å². The Morgan fingerprint density at radius 2 is 1.97 bits per heavy atom. The van der Waals surface area contributed by atoms with Gasteiger partial charge in [0.15, 0.2) is 0 Å².